The molecule has 6 heteroatoms. The fourth-order valence-electron chi connectivity index (χ4n) is 3.22. The maximum absolute atomic E-state index is 12.6. The summed E-state index contributed by atoms with van der Waals surface area (Å²) in [6.07, 6.45) is 0.311. The van der Waals surface area contributed by atoms with Crippen LogP contribution >= 0.6 is 0 Å². The molecule has 0 aliphatic carbocycles. The van der Waals surface area contributed by atoms with E-state index in [1.165, 1.54) is 7.11 Å². The zero-order valence-corrected chi connectivity index (χ0v) is 16.2. The molecule has 3 rings (SSSR count). The third-order valence-corrected chi connectivity index (χ3v) is 4.69. The van der Waals surface area contributed by atoms with E-state index in [-0.39, 0.29) is 18.4 Å². The molecule has 1 saturated heterocycles. The van der Waals surface area contributed by atoms with Crippen molar-refractivity contribution in [2.24, 2.45) is 0 Å². The lowest BCUT2D eigenvalue weighted by Gasteiger charge is -2.27. The van der Waals surface area contributed by atoms with E-state index < -0.39 is 0 Å². The van der Waals surface area contributed by atoms with Crippen LogP contribution in [0, 0.1) is 0 Å². The lowest BCUT2D eigenvalue weighted by molar-refractivity contribution is -0.134. The molecular weight excluding hydrogens is 356 g/mol. The molecule has 2 aromatic rings. The summed E-state index contributed by atoms with van der Waals surface area (Å²) in [4.78, 5) is 28.7. The van der Waals surface area contributed by atoms with Crippen LogP contribution in [0.4, 0.5) is 5.69 Å². The second-order valence-corrected chi connectivity index (χ2v) is 6.74. The largest absolute Gasteiger partial charge is 0.378 e. The van der Waals surface area contributed by atoms with Crippen molar-refractivity contribution in [2.45, 2.75) is 13.0 Å². The predicted molar refractivity (Wildman–Crippen MR) is 107 cm³/mol. The van der Waals surface area contributed by atoms with Crippen molar-refractivity contribution in [3.63, 3.8) is 0 Å². The third kappa shape index (κ3) is 5.41. The van der Waals surface area contributed by atoms with Gasteiger partial charge in [-0.2, -0.15) is 0 Å². The van der Waals surface area contributed by atoms with Gasteiger partial charge in [0.25, 0.3) is 5.91 Å². The third-order valence-electron chi connectivity index (χ3n) is 4.69. The zero-order valence-electron chi connectivity index (χ0n) is 16.2. The van der Waals surface area contributed by atoms with Gasteiger partial charge in [-0.25, -0.2) is 0 Å². The van der Waals surface area contributed by atoms with Gasteiger partial charge in [-0.15, -0.1) is 0 Å². The summed E-state index contributed by atoms with van der Waals surface area (Å²) in [6.45, 7) is 2.88. The number of hydrogen-bond acceptors (Lipinski definition) is 4. The van der Waals surface area contributed by atoms with E-state index in [0.29, 0.717) is 39.3 Å². The van der Waals surface area contributed by atoms with E-state index in [2.05, 4.69) is 0 Å². The van der Waals surface area contributed by atoms with Crippen molar-refractivity contribution in [2.75, 3.05) is 44.9 Å². The van der Waals surface area contributed by atoms with Gasteiger partial charge in [0.15, 0.2) is 0 Å². The Morgan fingerprint density at radius 3 is 2.46 bits per heavy atom. The predicted octanol–water partition coefficient (Wildman–Crippen LogP) is 2.27. The average Bonchev–Trinajstić information content (AvgIpc) is 2.73. The van der Waals surface area contributed by atoms with E-state index >= 15 is 0 Å². The lowest BCUT2D eigenvalue weighted by Crippen LogP contribution is -2.41. The Labute approximate surface area is 165 Å². The number of benzene rings is 2. The first kappa shape index (κ1) is 20.0. The molecule has 2 aromatic carbocycles. The number of carbonyl (C=O) groups is 2. The molecule has 0 radical (unpaired) electrons. The number of carbonyl (C=O) groups excluding carboxylic acids is 2. The minimum atomic E-state index is -0.122. The summed E-state index contributed by atoms with van der Waals surface area (Å²) in [6, 6.07) is 17.4. The van der Waals surface area contributed by atoms with Crippen molar-refractivity contribution >= 4 is 17.5 Å². The van der Waals surface area contributed by atoms with Crippen molar-refractivity contribution in [1.29, 1.82) is 0 Å². The lowest BCUT2D eigenvalue weighted by atomic mass is 10.1. The van der Waals surface area contributed by atoms with Gasteiger partial charge in [0.05, 0.1) is 26.2 Å². The van der Waals surface area contributed by atoms with Crippen molar-refractivity contribution in [3.8, 4) is 0 Å². The fraction of sp³-hybridized carbons (Fsp3) is 0.364. The maximum Gasteiger partial charge on any atom is 0.253 e. The van der Waals surface area contributed by atoms with Crippen LogP contribution in [0.25, 0.3) is 0 Å². The highest BCUT2D eigenvalue weighted by Crippen LogP contribution is 2.20. The van der Waals surface area contributed by atoms with E-state index in [9.17, 15) is 9.59 Å². The van der Waals surface area contributed by atoms with E-state index in [4.69, 9.17) is 9.47 Å². The molecule has 2 amide bonds. The van der Waals surface area contributed by atoms with Crippen LogP contribution in [0.15, 0.2) is 54.6 Å². The number of anilines is 1. The maximum atomic E-state index is 12.6. The number of nitrogens with zero attached hydrogens (tertiary/aromatic N) is 2. The number of methoxy groups -OCH3 is 1. The van der Waals surface area contributed by atoms with Crippen LogP contribution in [0.3, 0.4) is 0 Å². The van der Waals surface area contributed by atoms with Crippen LogP contribution in [-0.2, 0) is 32.0 Å². The summed E-state index contributed by atoms with van der Waals surface area (Å²) < 4.78 is 10.4. The molecule has 1 fully saturated rings. The van der Waals surface area contributed by atoms with Gasteiger partial charge in [0.2, 0.25) is 5.91 Å². The number of morpholine rings is 1. The van der Waals surface area contributed by atoms with Crippen molar-refractivity contribution in [3.05, 3.63) is 65.7 Å². The molecule has 28 heavy (non-hydrogen) atoms. The molecule has 0 atom stereocenters. The summed E-state index contributed by atoms with van der Waals surface area (Å²) in [7, 11) is 1.51. The van der Waals surface area contributed by atoms with Crippen LogP contribution in [0.5, 0.6) is 0 Å². The topological polar surface area (TPSA) is 59.1 Å². The highest BCUT2D eigenvalue weighted by molar-refractivity contribution is 5.94. The Kier molecular flexibility index (Phi) is 7.17. The molecule has 0 unspecified atom stereocenters. The standard InChI is InChI=1S/C22H26N2O4/c1-27-17-22(26)24(16-18-6-3-2-4-7-18)20-9-5-8-19(14-20)15-21(25)23-10-12-28-13-11-23/h2-9,14H,10-13,15-17H2,1H3. The second-order valence-electron chi connectivity index (χ2n) is 6.74. The Bertz CT molecular complexity index is 788. The number of amides is 2. The molecule has 0 saturated carbocycles. The number of hydrogen-bond donors (Lipinski definition) is 0. The van der Waals surface area contributed by atoms with Crippen molar-refractivity contribution in [1.82, 2.24) is 4.90 Å². The summed E-state index contributed by atoms with van der Waals surface area (Å²) in [5.74, 6) is -0.0405. The first-order valence-corrected chi connectivity index (χ1v) is 9.45. The van der Waals surface area contributed by atoms with Gasteiger partial charge in [0, 0.05) is 25.9 Å². The fourth-order valence-corrected chi connectivity index (χ4v) is 3.22. The van der Waals surface area contributed by atoms with E-state index in [0.717, 1.165) is 16.8 Å². The molecule has 1 aliphatic rings. The Morgan fingerprint density at radius 1 is 1.04 bits per heavy atom. The Morgan fingerprint density at radius 2 is 1.75 bits per heavy atom. The second kappa shape index (κ2) is 10.0. The van der Waals surface area contributed by atoms with Gasteiger partial charge in [-0.3, -0.25) is 9.59 Å². The number of rotatable bonds is 7. The summed E-state index contributed by atoms with van der Waals surface area (Å²) in [5.41, 5.74) is 2.68. The first-order chi connectivity index (χ1) is 13.7. The van der Waals surface area contributed by atoms with Crippen molar-refractivity contribution < 1.29 is 19.1 Å². The quantitative estimate of drug-likeness (QED) is 0.737. The molecule has 148 valence electrons. The number of ether oxygens (including phenoxy) is 2. The zero-order chi connectivity index (χ0) is 19.8. The molecule has 0 aromatic heterocycles. The SMILES string of the molecule is COCC(=O)N(Cc1ccccc1)c1cccc(CC(=O)N2CCOCC2)c1. The van der Waals surface area contributed by atoms with Gasteiger partial charge >= 0.3 is 0 Å². The molecule has 6 nitrogen and oxygen atoms in total. The Balaban J connectivity index is 1.77. The monoisotopic (exact) mass is 382 g/mol. The summed E-state index contributed by atoms with van der Waals surface area (Å²) >= 11 is 0. The highest BCUT2D eigenvalue weighted by Gasteiger charge is 2.19. The van der Waals surface area contributed by atoms with Crippen LogP contribution in [0.2, 0.25) is 0 Å². The van der Waals surface area contributed by atoms with E-state index in [1.54, 1.807) is 4.90 Å². The first-order valence-electron chi connectivity index (χ1n) is 9.45. The smallest absolute Gasteiger partial charge is 0.253 e. The average molecular weight is 382 g/mol. The van der Waals surface area contributed by atoms with Gasteiger partial charge in [-0.1, -0.05) is 42.5 Å². The van der Waals surface area contributed by atoms with Gasteiger partial charge < -0.3 is 19.3 Å². The van der Waals surface area contributed by atoms with Crippen LogP contribution < -0.4 is 4.90 Å². The minimum Gasteiger partial charge on any atom is -0.378 e. The molecule has 1 heterocycles. The summed E-state index contributed by atoms with van der Waals surface area (Å²) in [5, 5.41) is 0. The molecule has 1 aliphatic heterocycles. The molecule has 0 spiro atoms. The van der Waals surface area contributed by atoms with Crippen LogP contribution in [-0.4, -0.2) is 56.7 Å². The molecular formula is C22H26N2O4. The minimum absolute atomic E-state index is 0.00374. The normalized spacial score (nSPS) is 14.0. The van der Waals surface area contributed by atoms with Gasteiger partial charge in [0.1, 0.15) is 6.61 Å². The van der Waals surface area contributed by atoms with E-state index in [1.807, 2.05) is 59.5 Å². The molecule has 0 bridgehead atoms. The van der Waals surface area contributed by atoms with Crippen LogP contribution in [0.1, 0.15) is 11.1 Å². The van der Waals surface area contributed by atoms with Gasteiger partial charge in [-0.05, 0) is 23.3 Å². The Hall–Kier alpha value is -2.70. The highest BCUT2D eigenvalue weighted by atomic mass is 16.5. The molecule has 0 N–H and O–H groups in total.